The Morgan fingerprint density at radius 1 is 1.05 bits per heavy atom. The highest BCUT2D eigenvalue weighted by molar-refractivity contribution is 7.92. The van der Waals surface area contributed by atoms with E-state index in [1.807, 2.05) is 6.92 Å². The molecule has 0 heterocycles. The number of benzene rings is 2. The van der Waals surface area contributed by atoms with Crippen LogP contribution in [0.3, 0.4) is 0 Å². The van der Waals surface area contributed by atoms with E-state index in [-0.39, 0.29) is 4.90 Å². The van der Waals surface area contributed by atoms with Crippen LogP contribution < -0.4 is 10.5 Å². The fourth-order valence-electron chi connectivity index (χ4n) is 1.73. The first kappa shape index (κ1) is 14.7. The number of rotatable bonds is 3. The number of hydrogen-bond acceptors (Lipinski definition) is 3. The van der Waals surface area contributed by atoms with Crippen molar-refractivity contribution in [1.82, 2.24) is 0 Å². The van der Waals surface area contributed by atoms with Gasteiger partial charge in [0.1, 0.15) is 0 Å². The monoisotopic (exact) mass is 310 g/mol. The van der Waals surface area contributed by atoms with Gasteiger partial charge in [0.25, 0.3) is 10.0 Å². The van der Waals surface area contributed by atoms with Gasteiger partial charge < -0.3 is 5.73 Å². The van der Waals surface area contributed by atoms with Crippen LogP contribution in [0.15, 0.2) is 41.3 Å². The predicted octanol–water partition coefficient (Wildman–Crippen LogP) is 3.34. The summed E-state index contributed by atoms with van der Waals surface area (Å²) in [5.41, 5.74) is 8.28. The lowest BCUT2D eigenvalue weighted by Gasteiger charge is -2.11. The summed E-state index contributed by atoms with van der Waals surface area (Å²) in [4.78, 5) is 0.134. The largest absolute Gasteiger partial charge is 0.398 e. The van der Waals surface area contributed by atoms with Crippen LogP contribution in [-0.2, 0) is 10.0 Å². The van der Waals surface area contributed by atoms with Crippen LogP contribution in [0.2, 0.25) is 5.02 Å². The molecule has 0 amide bonds. The van der Waals surface area contributed by atoms with Crippen molar-refractivity contribution in [2.75, 3.05) is 10.5 Å². The normalized spacial score (nSPS) is 11.3. The number of nitrogen functional groups attached to an aromatic ring is 1. The third-order valence-electron chi connectivity index (χ3n) is 2.99. The standard InChI is InChI=1S/C14H15ClN2O2S/c1-9-3-5-12(8-13(9)16)20(18,19)17-14-6-4-11(15)7-10(14)2/h3-8,17H,16H2,1-2H3. The molecule has 0 bridgehead atoms. The van der Waals surface area contributed by atoms with Gasteiger partial charge in [-0.15, -0.1) is 0 Å². The second-order valence-corrected chi connectivity index (χ2v) is 6.70. The fourth-order valence-corrected chi connectivity index (χ4v) is 3.12. The summed E-state index contributed by atoms with van der Waals surface area (Å²) < 4.78 is 27.1. The number of nitrogens with one attached hydrogen (secondary N) is 1. The molecule has 0 atom stereocenters. The molecular formula is C14H15ClN2O2S. The molecule has 106 valence electrons. The summed E-state index contributed by atoms with van der Waals surface area (Å²) in [7, 11) is -3.66. The lowest BCUT2D eigenvalue weighted by atomic mass is 10.2. The van der Waals surface area contributed by atoms with E-state index in [1.165, 1.54) is 12.1 Å². The maximum absolute atomic E-state index is 12.3. The zero-order valence-electron chi connectivity index (χ0n) is 11.1. The number of sulfonamides is 1. The zero-order chi connectivity index (χ0) is 14.9. The topological polar surface area (TPSA) is 72.2 Å². The second-order valence-electron chi connectivity index (χ2n) is 4.58. The lowest BCUT2D eigenvalue weighted by molar-refractivity contribution is 0.601. The zero-order valence-corrected chi connectivity index (χ0v) is 12.7. The van der Waals surface area contributed by atoms with Gasteiger partial charge in [-0.3, -0.25) is 4.72 Å². The van der Waals surface area contributed by atoms with Gasteiger partial charge in [0, 0.05) is 10.7 Å². The third-order valence-corrected chi connectivity index (χ3v) is 4.59. The molecule has 0 saturated heterocycles. The Kier molecular flexibility index (Phi) is 3.92. The Morgan fingerprint density at radius 2 is 1.75 bits per heavy atom. The Morgan fingerprint density at radius 3 is 2.35 bits per heavy atom. The van der Waals surface area contributed by atoms with Crippen LogP contribution in [0.25, 0.3) is 0 Å². The van der Waals surface area contributed by atoms with Crippen LogP contribution in [0.5, 0.6) is 0 Å². The van der Waals surface area contributed by atoms with Crippen molar-refractivity contribution in [1.29, 1.82) is 0 Å². The summed E-state index contributed by atoms with van der Waals surface area (Å²) in [6.45, 7) is 3.61. The van der Waals surface area contributed by atoms with Crippen LogP contribution in [0.1, 0.15) is 11.1 Å². The minimum Gasteiger partial charge on any atom is -0.398 e. The lowest BCUT2D eigenvalue weighted by Crippen LogP contribution is -2.14. The van der Waals surface area contributed by atoms with Gasteiger partial charge in [0.2, 0.25) is 0 Å². The van der Waals surface area contributed by atoms with Gasteiger partial charge in [-0.2, -0.15) is 0 Å². The molecule has 0 aliphatic heterocycles. The van der Waals surface area contributed by atoms with E-state index in [9.17, 15) is 8.42 Å². The minimum atomic E-state index is -3.66. The summed E-state index contributed by atoms with van der Waals surface area (Å²) >= 11 is 5.85. The van der Waals surface area contributed by atoms with Crippen molar-refractivity contribution < 1.29 is 8.42 Å². The van der Waals surface area contributed by atoms with E-state index in [2.05, 4.69) is 4.72 Å². The number of hydrogen-bond donors (Lipinski definition) is 2. The van der Waals surface area contributed by atoms with E-state index in [1.54, 1.807) is 31.2 Å². The highest BCUT2D eigenvalue weighted by atomic mass is 35.5. The molecule has 2 rings (SSSR count). The van der Waals surface area contributed by atoms with Crippen molar-refractivity contribution in [3.63, 3.8) is 0 Å². The smallest absolute Gasteiger partial charge is 0.261 e. The maximum Gasteiger partial charge on any atom is 0.261 e. The van der Waals surface area contributed by atoms with Crippen molar-refractivity contribution in [2.24, 2.45) is 0 Å². The molecule has 2 aromatic carbocycles. The summed E-state index contributed by atoms with van der Waals surface area (Å²) in [5, 5.41) is 0.560. The average molecular weight is 311 g/mol. The Hall–Kier alpha value is -1.72. The molecule has 20 heavy (non-hydrogen) atoms. The highest BCUT2D eigenvalue weighted by Crippen LogP contribution is 2.24. The molecule has 0 aromatic heterocycles. The van der Waals surface area contributed by atoms with E-state index in [0.717, 1.165) is 11.1 Å². The Bertz CT molecular complexity index is 758. The van der Waals surface area contributed by atoms with E-state index in [0.29, 0.717) is 16.4 Å². The van der Waals surface area contributed by atoms with Crippen molar-refractivity contribution in [3.05, 3.63) is 52.5 Å². The van der Waals surface area contributed by atoms with Crippen LogP contribution in [-0.4, -0.2) is 8.42 Å². The quantitative estimate of drug-likeness (QED) is 0.854. The molecule has 2 aromatic rings. The molecule has 0 radical (unpaired) electrons. The van der Waals surface area contributed by atoms with Crippen LogP contribution >= 0.6 is 11.6 Å². The van der Waals surface area contributed by atoms with Crippen molar-refractivity contribution >= 4 is 33.0 Å². The molecule has 0 aliphatic carbocycles. The van der Waals surface area contributed by atoms with Gasteiger partial charge >= 0.3 is 0 Å². The number of halogens is 1. The number of nitrogens with two attached hydrogens (primary N) is 1. The van der Waals surface area contributed by atoms with Gasteiger partial charge in [-0.05, 0) is 55.3 Å². The molecule has 3 N–H and O–H groups in total. The van der Waals surface area contributed by atoms with Gasteiger partial charge in [0.15, 0.2) is 0 Å². The average Bonchev–Trinajstić information content (AvgIpc) is 2.36. The highest BCUT2D eigenvalue weighted by Gasteiger charge is 2.16. The molecule has 6 heteroatoms. The predicted molar refractivity (Wildman–Crippen MR) is 82.6 cm³/mol. The molecule has 0 saturated carbocycles. The Balaban J connectivity index is 2.38. The first-order chi connectivity index (χ1) is 9.29. The SMILES string of the molecule is Cc1ccc(S(=O)(=O)Nc2ccc(Cl)cc2C)cc1N. The summed E-state index contributed by atoms with van der Waals surface area (Å²) in [5.74, 6) is 0. The summed E-state index contributed by atoms with van der Waals surface area (Å²) in [6.07, 6.45) is 0. The van der Waals surface area contributed by atoms with Crippen molar-refractivity contribution in [2.45, 2.75) is 18.7 Å². The fraction of sp³-hybridized carbons (Fsp3) is 0.143. The maximum atomic E-state index is 12.3. The van der Waals surface area contributed by atoms with E-state index in [4.69, 9.17) is 17.3 Å². The number of anilines is 2. The van der Waals surface area contributed by atoms with Crippen LogP contribution in [0.4, 0.5) is 11.4 Å². The molecular weight excluding hydrogens is 296 g/mol. The molecule has 4 nitrogen and oxygen atoms in total. The number of aryl methyl sites for hydroxylation is 2. The summed E-state index contributed by atoms with van der Waals surface area (Å²) in [6, 6.07) is 9.62. The third kappa shape index (κ3) is 3.05. The molecule has 0 fully saturated rings. The molecule has 0 spiro atoms. The first-order valence-corrected chi connectivity index (χ1v) is 7.81. The van der Waals surface area contributed by atoms with Crippen LogP contribution in [0, 0.1) is 13.8 Å². The van der Waals surface area contributed by atoms with E-state index < -0.39 is 10.0 Å². The second kappa shape index (κ2) is 5.34. The van der Waals surface area contributed by atoms with Crippen molar-refractivity contribution in [3.8, 4) is 0 Å². The van der Waals surface area contributed by atoms with Gasteiger partial charge in [-0.25, -0.2) is 8.42 Å². The molecule has 0 aliphatic rings. The first-order valence-electron chi connectivity index (χ1n) is 5.95. The van der Waals surface area contributed by atoms with Gasteiger partial charge in [-0.1, -0.05) is 17.7 Å². The molecule has 0 unspecified atom stereocenters. The Labute approximate surface area is 123 Å². The minimum absolute atomic E-state index is 0.134. The van der Waals surface area contributed by atoms with Gasteiger partial charge in [0.05, 0.1) is 10.6 Å². The van der Waals surface area contributed by atoms with E-state index >= 15 is 0 Å².